The van der Waals surface area contributed by atoms with Crippen molar-refractivity contribution in [2.45, 2.75) is 6.54 Å². The first kappa shape index (κ1) is 8.17. The number of rotatable bonds is 1. The molecule has 1 aromatic carbocycles. The lowest BCUT2D eigenvalue weighted by molar-refractivity contribution is 0.469. The zero-order valence-electron chi connectivity index (χ0n) is 5.84. The largest absolute Gasteiger partial charge is 0.506 e. The van der Waals surface area contributed by atoms with Gasteiger partial charge in [-0.15, -0.1) is 0 Å². The first-order chi connectivity index (χ1) is 5.15. The fourth-order valence-corrected chi connectivity index (χ4v) is 1.08. The Hall–Kier alpha value is -0.930. The molecule has 0 atom stereocenters. The third-order valence-electron chi connectivity index (χ3n) is 1.38. The van der Waals surface area contributed by atoms with Gasteiger partial charge in [0.2, 0.25) is 0 Å². The van der Waals surface area contributed by atoms with Crippen LogP contribution in [0.4, 0.5) is 5.69 Å². The second-order valence-corrected chi connectivity index (χ2v) is 2.62. The number of hydrogen-bond acceptors (Lipinski definition) is 3. The highest BCUT2D eigenvalue weighted by atomic mass is 35.5. The van der Waals surface area contributed by atoms with Crippen molar-refractivity contribution < 1.29 is 5.11 Å². The molecular weight excluding hydrogens is 164 g/mol. The average molecular weight is 173 g/mol. The number of nitrogens with two attached hydrogens (primary N) is 2. The lowest BCUT2D eigenvalue weighted by atomic mass is 10.2. The first-order valence-electron chi connectivity index (χ1n) is 3.12. The van der Waals surface area contributed by atoms with E-state index in [2.05, 4.69) is 0 Å². The van der Waals surface area contributed by atoms with E-state index in [0.717, 1.165) is 0 Å². The summed E-state index contributed by atoms with van der Waals surface area (Å²) in [6, 6.07) is 3.08. The van der Waals surface area contributed by atoms with Gasteiger partial charge in [0.1, 0.15) is 5.75 Å². The maximum absolute atomic E-state index is 9.25. The third-order valence-corrected chi connectivity index (χ3v) is 1.67. The maximum Gasteiger partial charge on any atom is 0.138 e. The number of hydrogen-bond donors (Lipinski definition) is 3. The number of benzene rings is 1. The van der Waals surface area contributed by atoms with E-state index in [4.69, 9.17) is 23.1 Å². The predicted molar refractivity (Wildman–Crippen MR) is 45.4 cm³/mol. The Morgan fingerprint density at radius 1 is 1.45 bits per heavy atom. The van der Waals surface area contributed by atoms with Gasteiger partial charge in [0, 0.05) is 17.8 Å². The van der Waals surface area contributed by atoms with Crippen LogP contribution in [0.2, 0.25) is 5.02 Å². The van der Waals surface area contributed by atoms with Crippen LogP contribution in [0.15, 0.2) is 12.1 Å². The fourth-order valence-electron chi connectivity index (χ4n) is 0.835. The molecular formula is C7H9ClN2O. The van der Waals surface area contributed by atoms with Gasteiger partial charge >= 0.3 is 0 Å². The predicted octanol–water partition coefficient (Wildman–Crippen LogP) is 1.09. The molecule has 0 saturated carbocycles. The molecule has 0 radical (unpaired) electrons. The molecule has 1 rings (SSSR count). The Bertz CT molecular complexity index is 275. The van der Waals surface area contributed by atoms with Gasteiger partial charge in [-0.25, -0.2) is 0 Å². The number of halogens is 1. The molecule has 0 saturated heterocycles. The highest BCUT2D eigenvalue weighted by molar-refractivity contribution is 6.32. The number of anilines is 1. The minimum Gasteiger partial charge on any atom is -0.506 e. The zero-order chi connectivity index (χ0) is 8.43. The summed E-state index contributed by atoms with van der Waals surface area (Å²) in [4.78, 5) is 0. The van der Waals surface area contributed by atoms with Crippen molar-refractivity contribution in [2.75, 3.05) is 5.73 Å². The molecule has 3 nitrogen and oxygen atoms in total. The molecule has 0 aliphatic carbocycles. The standard InChI is InChI=1S/C7H9ClN2O/c8-6-2-5(10)1-4(3-9)7(6)11/h1-2,11H,3,9-10H2. The summed E-state index contributed by atoms with van der Waals surface area (Å²) < 4.78 is 0. The molecule has 0 unspecified atom stereocenters. The summed E-state index contributed by atoms with van der Waals surface area (Å²) >= 11 is 5.61. The summed E-state index contributed by atoms with van der Waals surface area (Å²) in [7, 11) is 0. The Balaban J connectivity index is 3.24. The lowest BCUT2D eigenvalue weighted by Gasteiger charge is -2.04. The van der Waals surface area contributed by atoms with E-state index in [9.17, 15) is 5.11 Å². The Morgan fingerprint density at radius 3 is 2.64 bits per heavy atom. The van der Waals surface area contributed by atoms with Gasteiger partial charge in [0.05, 0.1) is 5.02 Å². The molecule has 0 aliphatic heterocycles. The lowest BCUT2D eigenvalue weighted by Crippen LogP contribution is -1.98. The summed E-state index contributed by atoms with van der Waals surface area (Å²) in [5.41, 5.74) is 11.8. The van der Waals surface area contributed by atoms with E-state index in [1.165, 1.54) is 6.07 Å². The molecule has 0 aromatic heterocycles. The van der Waals surface area contributed by atoms with E-state index in [-0.39, 0.29) is 17.3 Å². The molecule has 11 heavy (non-hydrogen) atoms. The monoisotopic (exact) mass is 172 g/mol. The summed E-state index contributed by atoms with van der Waals surface area (Å²) in [5.74, 6) is 0.0170. The zero-order valence-corrected chi connectivity index (χ0v) is 6.60. The third kappa shape index (κ3) is 1.56. The van der Waals surface area contributed by atoms with Crippen molar-refractivity contribution in [3.8, 4) is 5.75 Å². The van der Waals surface area contributed by atoms with Crippen molar-refractivity contribution in [2.24, 2.45) is 5.73 Å². The van der Waals surface area contributed by atoms with Crippen LogP contribution < -0.4 is 11.5 Å². The number of phenolic OH excluding ortho intramolecular Hbond substituents is 1. The smallest absolute Gasteiger partial charge is 0.138 e. The van der Waals surface area contributed by atoms with Gasteiger partial charge in [-0.05, 0) is 12.1 Å². The number of aromatic hydroxyl groups is 1. The van der Waals surface area contributed by atoms with Crippen molar-refractivity contribution in [1.29, 1.82) is 0 Å². The summed E-state index contributed by atoms with van der Waals surface area (Å²) in [5, 5.41) is 9.50. The van der Waals surface area contributed by atoms with Crippen molar-refractivity contribution >= 4 is 17.3 Å². The van der Waals surface area contributed by atoms with Crippen molar-refractivity contribution in [3.05, 3.63) is 22.7 Å². The van der Waals surface area contributed by atoms with E-state index in [1.54, 1.807) is 6.07 Å². The second-order valence-electron chi connectivity index (χ2n) is 2.21. The van der Waals surface area contributed by atoms with Gasteiger partial charge in [0.15, 0.2) is 0 Å². The topological polar surface area (TPSA) is 72.3 Å². The average Bonchev–Trinajstić information content (AvgIpc) is 1.96. The maximum atomic E-state index is 9.25. The van der Waals surface area contributed by atoms with Crippen LogP contribution in [0, 0.1) is 0 Å². The molecule has 0 fully saturated rings. The van der Waals surface area contributed by atoms with Gasteiger partial charge in [-0.2, -0.15) is 0 Å². The van der Waals surface area contributed by atoms with Gasteiger partial charge in [-0.3, -0.25) is 0 Å². The number of nitrogen functional groups attached to an aromatic ring is 1. The molecule has 1 aromatic rings. The van der Waals surface area contributed by atoms with Crippen molar-refractivity contribution in [1.82, 2.24) is 0 Å². The minimum absolute atomic E-state index is 0.0170. The normalized spacial score (nSPS) is 10.0. The molecule has 0 aliphatic rings. The van der Waals surface area contributed by atoms with E-state index >= 15 is 0 Å². The molecule has 0 amide bonds. The summed E-state index contributed by atoms with van der Waals surface area (Å²) in [6.07, 6.45) is 0. The second kappa shape index (κ2) is 2.98. The van der Waals surface area contributed by atoms with Gasteiger partial charge in [-0.1, -0.05) is 11.6 Å². The number of phenols is 1. The Morgan fingerprint density at radius 2 is 2.09 bits per heavy atom. The molecule has 4 heteroatoms. The highest BCUT2D eigenvalue weighted by Crippen LogP contribution is 2.29. The van der Waals surface area contributed by atoms with Crippen LogP contribution in [0.3, 0.4) is 0 Å². The molecule has 60 valence electrons. The molecule has 0 bridgehead atoms. The van der Waals surface area contributed by atoms with Gasteiger partial charge in [0.25, 0.3) is 0 Å². The van der Waals surface area contributed by atoms with Crippen LogP contribution in [0.1, 0.15) is 5.56 Å². The minimum atomic E-state index is 0.0170. The van der Waals surface area contributed by atoms with Crippen LogP contribution in [0.5, 0.6) is 5.75 Å². The Kier molecular flexibility index (Phi) is 2.22. The van der Waals surface area contributed by atoms with Crippen LogP contribution in [0.25, 0.3) is 0 Å². The van der Waals surface area contributed by atoms with Crippen molar-refractivity contribution in [3.63, 3.8) is 0 Å². The van der Waals surface area contributed by atoms with Crippen LogP contribution >= 0.6 is 11.6 Å². The fraction of sp³-hybridized carbons (Fsp3) is 0.143. The van der Waals surface area contributed by atoms with Crippen LogP contribution in [-0.2, 0) is 6.54 Å². The first-order valence-corrected chi connectivity index (χ1v) is 3.50. The Labute approximate surface area is 69.6 Å². The summed E-state index contributed by atoms with van der Waals surface area (Å²) in [6.45, 7) is 0.233. The molecule has 0 heterocycles. The van der Waals surface area contributed by atoms with E-state index in [0.29, 0.717) is 11.3 Å². The SMILES string of the molecule is NCc1cc(N)cc(Cl)c1O. The van der Waals surface area contributed by atoms with Gasteiger partial charge < -0.3 is 16.6 Å². The molecule has 0 spiro atoms. The van der Waals surface area contributed by atoms with E-state index in [1.807, 2.05) is 0 Å². The van der Waals surface area contributed by atoms with E-state index < -0.39 is 0 Å². The van der Waals surface area contributed by atoms with Crippen LogP contribution in [-0.4, -0.2) is 5.11 Å². The quantitative estimate of drug-likeness (QED) is 0.439. The highest BCUT2D eigenvalue weighted by Gasteiger charge is 2.04. The molecule has 5 N–H and O–H groups in total.